The van der Waals surface area contributed by atoms with Crippen molar-refractivity contribution in [2.75, 3.05) is 0 Å². The Kier molecular flexibility index (Phi) is 16.5. The predicted molar refractivity (Wildman–Crippen MR) is 47.6 cm³/mol. The van der Waals surface area contributed by atoms with E-state index in [4.69, 9.17) is 9.90 Å². The third-order valence-corrected chi connectivity index (χ3v) is 3.27. The molecule has 0 aliphatic heterocycles. The lowest BCUT2D eigenvalue weighted by Gasteiger charge is -1.97. The molecule has 0 aliphatic carbocycles. The summed E-state index contributed by atoms with van der Waals surface area (Å²) in [6.07, 6.45) is 1.41. The summed E-state index contributed by atoms with van der Waals surface area (Å²) in [6, 6.07) is 0. The second-order valence-corrected chi connectivity index (χ2v) is 5.79. The lowest BCUT2D eigenvalue weighted by atomic mass is 10.2. The quantitative estimate of drug-likeness (QED) is 0.586. The summed E-state index contributed by atoms with van der Waals surface area (Å²) in [4.78, 5) is 8.36. The van der Waals surface area contributed by atoms with Crippen LogP contribution >= 0.6 is 12.9 Å². The molecule has 2 nitrogen and oxygen atoms in total. The molecule has 0 heterocycles. The van der Waals surface area contributed by atoms with Crippen LogP contribution in [0.25, 0.3) is 0 Å². The second-order valence-electron chi connectivity index (χ2n) is 2.33. The van der Waals surface area contributed by atoms with Gasteiger partial charge in [-0.1, -0.05) is 20.3 Å². The summed E-state index contributed by atoms with van der Waals surface area (Å²) in [5.41, 5.74) is 0. The minimum absolute atomic E-state index is 0.184. The fraction of sp³-hybridized carbons (Fsp3) is 0.833. The van der Waals surface area contributed by atoms with E-state index in [0.717, 1.165) is 5.92 Å². The summed E-state index contributed by atoms with van der Waals surface area (Å²) in [7, 11) is 0. The maximum absolute atomic E-state index is 8.36. The van der Waals surface area contributed by atoms with Gasteiger partial charge >= 0.3 is 18.2 Å². The van der Waals surface area contributed by atoms with Crippen LogP contribution in [0.4, 0.5) is 0 Å². The maximum atomic E-state index is 8.36. The number of hydrogen-bond donors (Lipinski definition) is 1. The van der Waals surface area contributed by atoms with Crippen molar-refractivity contribution < 1.29 is 9.90 Å². The summed E-state index contributed by atoms with van der Waals surface area (Å²) >= 11 is 3.70. The highest BCUT2D eigenvalue weighted by molar-refractivity contribution is 9.23. The Bertz CT molecular complexity index is 68.8. The molecule has 0 aromatic rings. The van der Waals surface area contributed by atoms with Crippen molar-refractivity contribution >= 4 is 37.5 Å². The highest BCUT2D eigenvalue weighted by atomic mass is 79.9. The second kappa shape index (κ2) is 12.4. The van der Waals surface area contributed by atoms with Crippen LogP contribution < -0.4 is 0 Å². The molecule has 0 rings (SSSR count). The summed E-state index contributed by atoms with van der Waals surface area (Å²) in [6.45, 7) is 4.30. The van der Waals surface area contributed by atoms with E-state index in [1.165, 1.54) is 11.0 Å². The minimum Gasteiger partial charge on any atom is -0.483 e. The van der Waals surface area contributed by atoms with Gasteiger partial charge in [0.15, 0.2) is 0 Å². The Morgan fingerprint density at radius 2 is 2.10 bits per heavy atom. The van der Waals surface area contributed by atoms with E-state index < -0.39 is 0 Å². The van der Waals surface area contributed by atoms with Crippen LogP contribution in [0.2, 0.25) is 4.55 Å². The van der Waals surface area contributed by atoms with E-state index in [-0.39, 0.29) is 24.7 Å². The molecule has 0 atom stereocenters. The van der Waals surface area contributed by atoms with E-state index in [1.54, 1.807) is 0 Å². The van der Waals surface area contributed by atoms with E-state index in [1.807, 2.05) is 0 Å². The molecule has 0 saturated heterocycles. The number of carbonyl (C=O) groups is 1. The smallest absolute Gasteiger partial charge is 0.468 e. The molecule has 0 unspecified atom stereocenters. The molecule has 10 heavy (non-hydrogen) atoms. The SMILES string of the molecule is CC(C)C[CH2][Mg][Br].O=CO. The Balaban J connectivity index is 0. The van der Waals surface area contributed by atoms with Crippen molar-refractivity contribution in [2.45, 2.75) is 24.8 Å². The van der Waals surface area contributed by atoms with Gasteiger partial charge in [-0.25, -0.2) is 0 Å². The van der Waals surface area contributed by atoms with Crippen molar-refractivity contribution in [3.63, 3.8) is 0 Å². The maximum Gasteiger partial charge on any atom is 0.468 e. The lowest BCUT2D eigenvalue weighted by Crippen LogP contribution is -1.86. The first-order chi connectivity index (χ1) is 4.68. The average Bonchev–Trinajstić information content (AvgIpc) is 1.85. The van der Waals surface area contributed by atoms with Gasteiger partial charge in [0, 0.05) is 0 Å². The fourth-order valence-corrected chi connectivity index (χ4v) is 2.43. The van der Waals surface area contributed by atoms with Gasteiger partial charge < -0.3 is 18.0 Å². The number of halogens is 1. The van der Waals surface area contributed by atoms with E-state index >= 15 is 0 Å². The standard InChI is InChI=1S/C5H11.CH2O2.BrH.Mg/c1-4-5(2)3;2-1-3;;/h5H,1,4H2,2-3H3;1H,(H,2,3);1H;/q;;;+1/p-1. The van der Waals surface area contributed by atoms with Crippen LogP contribution in [0, 0.1) is 5.92 Å². The third-order valence-electron chi connectivity index (χ3n) is 0.915. The van der Waals surface area contributed by atoms with E-state index in [9.17, 15) is 0 Å². The average molecular weight is 221 g/mol. The molecular weight excluding hydrogens is 208 g/mol. The Morgan fingerprint density at radius 1 is 1.70 bits per heavy atom. The molecule has 0 aromatic carbocycles. The van der Waals surface area contributed by atoms with Crippen molar-refractivity contribution in [1.29, 1.82) is 0 Å². The van der Waals surface area contributed by atoms with Gasteiger partial charge in [-0.3, -0.25) is 4.79 Å². The van der Waals surface area contributed by atoms with Crippen molar-refractivity contribution in [2.24, 2.45) is 5.92 Å². The van der Waals surface area contributed by atoms with Gasteiger partial charge in [0.05, 0.1) is 0 Å². The highest BCUT2D eigenvalue weighted by Crippen LogP contribution is 2.03. The largest absolute Gasteiger partial charge is 0.483 e. The molecule has 0 radical (unpaired) electrons. The van der Waals surface area contributed by atoms with Crippen LogP contribution in [0.3, 0.4) is 0 Å². The molecule has 4 heteroatoms. The number of carboxylic acid groups (broad SMARTS) is 1. The first-order valence-corrected chi connectivity index (χ1v) is 8.22. The van der Waals surface area contributed by atoms with Gasteiger partial charge in [-0.15, -0.1) is 4.55 Å². The topological polar surface area (TPSA) is 37.3 Å². The Morgan fingerprint density at radius 3 is 2.20 bits per heavy atom. The molecule has 0 fully saturated rings. The Labute approximate surface area is 78.0 Å². The zero-order valence-corrected chi connectivity index (χ0v) is 9.51. The number of hydrogen-bond acceptors (Lipinski definition) is 1. The van der Waals surface area contributed by atoms with Gasteiger partial charge in [0.2, 0.25) is 0 Å². The molecule has 0 aliphatic rings. The molecule has 0 spiro atoms. The van der Waals surface area contributed by atoms with E-state index in [2.05, 4.69) is 26.7 Å². The normalized spacial score (nSPS) is 7.60. The molecule has 0 aromatic heterocycles. The predicted octanol–water partition coefficient (Wildman–Crippen LogP) is 2.17. The number of rotatable bonds is 3. The molecule has 0 saturated carbocycles. The highest BCUT2D eigenvalue weighted by Gasteiger charge is 1.92. The van der Waals surface area contributed by atoms with Crippen LogP contribution in [-0.4, -0.2) is 29.8 Å². The van der Waals surface area contributed by atoms with Gasteiger partial charge in [-0.2, -0.15) is 0 Å². The zero-order chi connectivity index (χ0) is 8.41. The van der Waals surface area contributed by atoms with Crippen molar-refractivity contribution in [3.8, 4) is 0 Å². The van der Waals surface area contributed by atoms with Gasteiger partial charge in [-0.05, 0) is 5.92 Å². The van der Waals surface area contributed by atoms with E-state index in [0.29, 0.717) is 0 Å². The van der Waals surface area contributed by atoms with Crippen molar-refractivity contribution in [3.05, 3.63) is 0 Å². The minimum atomic E-state index is -0.250. The van der Waals surface area contributed by atoms with Crippen LogP contribution in [-0.2, 0) is 4.79 Å². The summed E-state index contributed by atoms with van der Waals surface area (Å²) < 4.78 is 1.46. The third kappa shape index (κ3) is 23.3. The van der Waals surface area contributed by atoms with Crippen LogP contribution in [0.15, 0.2) is 0 Å². The first kappa shape index (κ1) is 13.3. The lowest BCUT2D eigenvalue weighted by molar-refractivity contribution is -0.122. The summed E-state index contributed by atoms with van der Waals surface area (Å²) in [5, 5.41) is 6.89. The molecular formula is C6H13BrMgO2. The zero-order valence-electron chi connectivity index (χ0n) is 6.51. The molecule has 1 N–H and O–H groups in total. The monoisotopic (exact) mass is 220 g/mol. The first-order valence-electron chi connectivity index (χ1n) is 3.32. The summed E-state index contributed by atoms with van der Waals surface area (Å²) in [5.74, 6) is 0.907. The molecule has 58 valence electrons. The molecule has 0 bridgehead atoms. The van der Waals surface area contributed by atoms with Crippen LogP contribution in [0.1, 0.15) is 20.3 Å². The van der Waals surface area contributed by atoms with Crippen LogP contribution in [0.5, 0.6) is 0 Å². The van der Waals surface area contributed by atoms with Gasteiger partial charge in [0.25, 0.3) is 6.47 Å². The molecule has 0 amide bonds. The fourth-order valence-electron chi connectivity index (χ4n) is 0.485. The Hall–Kier alpha value is 0.716. The van der Waals surface area contributed by atoms with Gasteiger partial charge in [0.1, 0.15) is 0 Å². The van der Waals surface area contributed by atoms with Crippen molar-refractivity contribution in [1.82, 2.24) is 0 Å².